The second kappa shape index (κ2) is 9.06. The average molecular weight is 315 g/mol. The number of methoxy groups -OCH3 is 1. The van der Waals surface area contributed by atoms with Gasteiger partial charge < -0.3 is 19.5 Å². The van der Waals surface area contributed by atoms with Gasteiger partial charge in [0.2, 0.25) is 0 Å². The second-order valence-electron chi connectivity index (χ2n) is 5.44. The number of para-hydroxylation sites is 1. The number of hydrogen-bond donors (Lipinski definition) is 1. The number of benzene rings is 2. The lowest BCUT2D eigenvalue weighted by atomic mass is 10.2. The average Bonchev–Trinajstić information content (AvgIpc) is 2.56. The molecule has 2 rings (SSSR count). The van der Waals surface area contributed by atoms with E-state index in [0.29, 0.717) is 13.2 Å². The Morgan fingerprint density at radius 3 is 2.43 bits per heavy atom. The van der Waals surface area contributed by atoms with E-state index in [1.54, 1.807) is 7.11 Å². The van der Waals surface area contributed by atoms with E-state index >= 15 is 0 Å². The van der Waals surface area contributed by atoms with E-state index in [2.05, 4.69) is 25.2 Å². The van der Waals surface area contributed by atoms with Crippen LogP contribution in [0.2, 0.25) is 0 Å². The summed E-state index contributed by atoms with van der Waals surface area (Å²) >= 11 is 0. The van der Waals surface area contributed by atoms with Gasteiger partial charge in [-0.1, -0.05) is 18.2 Å². The van der Waals surface area contributed by atoms with Gasteiger partial charge in [-0.25, -0.2) is 0 Å². The highest BCUT2D eigenvalue weighted by Crippen LogP contribution is 2.19. The largest absolute Gasteiger partial charge is 0.491 e. The van der Waals surface area contributed by atoms with Crippen LogP contribution in [0.25, 0.3) is 0 Å². The first-order valence-electron chi connectivity index (χ1n) is 7.87. The van der Waals surface area contributed by atoms with Crippen molar-refractivity contribution in [1.82, 2.24) is 0 Å². The van der Waals surface area contributed by atoms with Crippen molar-refractivity contribution in [3.63, 3.8) is 0 Å². The maximum Gasteiger partial charge on any atom is 0.122 e. The van der Waals surface area contributed by atoms with Crippen molar-refractivity contribution >= 4 is 5.69 Å². The van der Waals surface area contributed by atoms with E-state index in [-0.39, 0.29) is 6.10 Å². The number of ether oxygens (including phenoxy) is 3. The summed E-state index contributed by atoms with van der Waals surface area (Å²) in [5, 5.41) is 3.37. The minimum absolute atomic E-state index is 0.0775. The van der Waals surface area contributed by atoms with Crippen LogP contribution in [0, 0.1) is 6.92 Å². The van der Waals surface area contributed by atoms with Crippen molar-refractivity contribution in [2.24, 2.45) is 0 Å². The number of rotatable bonds is 9. The molecule has 0 saturated heterocycles. The smallest absolute Gasteiger partial charge is 0.122 e. The van der Waals surface area contributed by atoms with Gasteiger partial charge in [0.1, 0.15) is 24.2 Å². The minimum Gasteiger partial charge on any atom is -0.491 e. The monoisotopic (exact) mass is 315 g/mol. The highest BCUT2D eigenvalue weighted by Gasteiger charge is 2.06. The quantitative estimate of drug-likeness (QED) is 0.712. The van der Waals surface area contributed by atoms with E-state index in [1.807, 2.05) is 42.5 Å². The Morgan fingerprint density at radius 2 is 1.74 bits per heavy atom. The first kappa shape index (κ1) is 17.2. The summed E-state index contributed by atoms with van der Waals surface area (Å²) in [6, 6.07) is 16.0. The third-order valence-corrected chi connectivity index (χ3v) is 3.43. The summed E-state index contributed by atoms with van der Waals surface area (Å²) in [6.07, 6.45) is 0.0775. The number of hydrogen-bond acceptors (Lipinski definition) is 4. The van der Waals surface area contributed by atoms with Crippen LogP contribution in [-0.2, 0) is 4.74 Å². The molecule has 0 aromatic heterocycles. The van der Waals surface area contributed by atoms with Crippen LogP contribution in [0.3, 0.4) is 0 Å². The van der Waals surface area contributed by atoms with E-state index in [1.165, 1.54) is 0 Å². The molecule has 0 bridgehead atoms. The number of nitrogens with one attached hydrogen (secondary N) is 1. The van der Waals surface area contributed by atoms with Crippen LogP contribution in [0.4, 0.5) is 5.69 Å². The summed E-state index contributed by atoms with van der Waals surface area (Å²) in [5.74, 6) is 1.78. The van der Waals surface area contributed by atoms with E-state index in [0.717, 1.165) is 29.3 Å². The fourth-order valence-corrected chi connectivity index (χ4v) is 2.12. The van der Waals surface area contributed by atoms with Crippen LogP contribution in [0.5, 0.6) is 11.5 Å². The van der Waals surface area contributed by atoms with Gasteiger partial charge in [0.25, 0.3) is 0 Å². The van der Waals surface area contributed by atoms with Crippen LogP contribution in [0.1, 0.15) is 12.5 Å². The number of aryl methyl sites for hydroxylation is 1. The Balaban J connectivity index is 1.77. The Bertz CT molecular complexity index is 583. The molecule has 1 N–H and O–H groups in total. The zero-order valence-corrected chi connectivity index (χ0v) is 14.0. The van der Waals surface area contributed by atoms with Crippen molar-refractivity contribution in [1.29, 1.82) is 0 Å². The summed E-state index contributed by atoms with van der Waals surface area (Å²) < 4.78 is 16.5. The van der Waals surface area contributed by atoms with Crippen molar-refractivity contribution in [3.05, 3.63) is 54.1 Å². The van der Waals surface area contributed by atoms with Gasteiger partial charge >= 0.3 is 0 Å². The van der Waals surface area contributed by atoms with E-state index in [9.17, 15) is 0 Å². The molecule has 4 nitrogen and oxygen atoms in total. The molecule has 0 spiro atoms. The highest BCUT2D eigenvalue weighted by atomic mass is 16.5. The molecule has 0 aliphatic carbocycles. The molecule has 0 aliphatic heterocycles. The van der Waals surface area contributed by atoms with Gasteiger partial charge in [-0.15, -0.1) is 0 Å². The lowest BCUT2D eigenvalue weighted by Crippen LogP contribution is -2.22. The summed E-state index contributed by atoms with van der Waals surface area (Å²) in [4.78, 5) is 0. The first-order chi connectivity index (χ1) is 11.2. The normalized spacial score (nSPS) is 11.8. The van der Waals surface area contributed by atoms with Crippen LogP contribution >= 0.6 is 0 Å². The fraction of sp³-hybridized carbons (Fsp3) is 0.368. The van der Waals surface area contributed by atoms with Crippen LogP contribution < -0.4 is 14.8 Å². The van der Waals surface area contributed by atoms with Gasteiger partial charge in [-0.05, 0) is 49.7 Å². The Hall–Kier alpha value is -2.20. The SMILES string of the molecule is COCCOc1ccc(NCC(C)Oc2ccccc2C)cc1. The lowest BCUT2D eigenvalue weighted by Gasteiger charge is -2.17. The first-order valence-corrected chi connectivity index (χ1v) is 7.87. The zero-order chi connectivity index (χ0) is 16.5. The molecule has 2 aromatic rings. The maximum absolute atomic E-state index is 5.95. The molecule has 1 unspecified atom stereocenters. The Kier molecular flexibility index (Phi) is 6.76. The molecule has 0 fully saturated rings. The van der Waals surface area contributed by atoms with Crippen molar-refractivity contribution in [2.45, 2.75) is 20.0 Å². The summed E-state index contributed by atoms with van der Waals surface area (Å²) in [7, 11) is 1.66. The molecule has 2 aromatic carbocycles. The molecule has 23 heavy (non-hydrogen) atoms. The molecule has 0 heterocycles. The van der Waals surface area contributed by atoms with Gasteiger partial charge in [-0.2, -0.15) is 0 Å². The Morgan fingerprint density at radius 1 is 1.00 bits per heavy atom. The zero-order valence-electron chi connectivity index (χ0n) is 14.0. The predicted molar refractivity (Wildman–Crippen MR) is 93.6 cm³/mol. The Labute approximate surface area is 138 Å². The van der Waals surface area contributed by atoms with E-state index < -0.39 is 0 Å². The topological polar surface area (TPSA) is 39.7 Å². The molecule has 1 atom stereocenters. The van der Waals surface area contributed by atoms with Gasteiger partial charge in [0, 0.05) is 12.8 Å². The van der Waals surface area contributed by atoms with Crippen molar-refractivity contribution in [3.8, 4) is 11.5 Å². The number of anilines is 1. The second-order valence-corrected chi connectivity index (χ2v) is 5.44. The molecule has 0 saturated carbocycles. The van der Waals surface area contributed by atoms with Crippen molar-refractivity contribution < 1.29 is 14.2 Å². The molecule has 124 valence electrons. The van der Waals surface area contributed by atoms with Gasteiger partial charge in [-0.3, -0.25) is 0 Å². The highest BCUT2D eigenvalue weighted by molar-refractivity contribution is 5.46. The van der Waals surface area contributed by atoms with Gasteiger partial charge in [0.15, 0.2) is 0 Å². The summed E-state index contributed by atoms with van der Waals surface area (Å²) in [5.41, 5.74) is 2.20. The van der Waals surface area contributed by atoms with E-state index in [4.69, 9.17) is 14.2 Å². The van der Waals surface area contributed by atoms with Crippen molar-refractivity contribution in [2.75, 3.05) is 32.2 Å². The predicted octanol–water partition coefficient (Wildman–Crippen LogP) is 3.90. The fourth-order valence-electron chi connectivity index (χ4n) is 2.12. The molecular formula is C19H25NO3. The third-order valence-electron chi connectivity index (χ3n) is 3.43. The maximum atomic E-state index is 5.95. The molecule has 0 aliphatic rings. The molecule has 4 heteroatoms. The third kappa shape index (κ3) is 5.83. The molecule has 0 radical (unpaired) electrons. The molecule has 0 amide bonds. The van der Waals surface area contributed by atoms with Gasteiger partial charge in [0.05, 0.1) is 13.2 Å². The summed E-state index contributed by atoms with van der Waals surface area (Å²) in [6.45, 7) is 6.00. The minimum atomic E-state index is 0.0775. The van der Waals surface area contributed by atoms with Crippen LogP contribution in [0.15, 0.2) is 48.5 Å². The van der Waals surface area contributed by atoms with Crippen LogP contribution in [-0.4, -0.2) is 33.0 Å². The molecular weight excluding hydrogens is 290 g/mol. The standard InChI is InChI=1S/C19H25NO3/c1-15-6-4-5-7-19(15)23-16(2)14-20-17-8-10-18(11-9-17)22-13-12-21-3/h4-11,16,20H,12-14H2,1-3H3. The lowest BCUT2D eigenvalue weighted by molar-refractivity contribution is 0.146.